The summed E-state index contributed by atoms with van der Waals surface area (Å²) in [4.78, 5) is 50.4. The van der Waals surface area contributed by atoms with Gasteiger partial charge in [-0.1, -0.05) is 36.4 Å². The van der Waals surface area contributed by atoms with Crippen molar-refractivity contribution in [3.63, 3.8) is 0 Å². The zero-order valence-electron chi connectivity index (χ0n) is 16.6. The highest BCUT2D eigenvalue weighted by Crippen LogP contribution is 2.29. The van der Waals surface area contributed by atoms with Gasteiger partial charge >= 0.3 is 5.97 Å². The Balaban J connectivity index is 1.35. The normalized spacial score (nSPS) is 18.4. The minimum atomic E-state index is -1.04. The lowest BCUT2D eigenvalue weighted by molar-refractivity contribution is -0.155. The van der Waals surface area contributed by atoms with E-state index in [1.54, 1.807) is 24.3 Å². The highest BCUT2D eigenvalue weighted by molar-refractivity contribution is 6.22. The minimum Gasteiger partial charge on any atom is -0.451 e. The van der Waals surface area contributed by atoms with Crippen LogP contribution >= 0.6 is 0 Å². The number of nitrogens with one attached hydrogen (secondary N) is 1. The average Bonchev–Trinajstić information content (AvgIpc) is 2.99. The quantitative estimate of drug-likeness (QED) is 0.608. The highest BCUT2D eigenvalue weighted by atomic mass is 16.5. The molecular weight excluding hydrogens is 384 g/mol. The van der Waals surface area contributed by atoms with E-state index in [1.807, 2.05) is 18.2 Å². The van der Waals surface area contributed by atoms with Gasteiger partial charge < -0.3 is 10.1 Å². The molecule has 1 N–H and O–H groups in total. The Morgan fingerprint density at radius 2 is 1.70 bits per heavy atom. The van der Waals surface area contributed by atoms with Crippen LogP contribution in [0.15, 0.2) is 48.5 Å². The number of nitrogens with zero attached hydrogens (tertiary/aromatic N) is 1. The first-order valence-corrected chi connectivity index (χ1v) is 9.98. The predicted molar refractivity (Wildman–Crippen MR) is 108 cm³/mol. The zero-order valence-corrected chi connectivity index (χ0v) is 16.6. The summed E-state index contributed by atoms with van der Waals surface area (Å²) in [6.45, 7) is 0.945. The fraction of sp³-hybridized carbons (Fsp3) is 0.304. The number of hydrogen-bond donors (Lipinski definition) is 1. The maximum atomic E-state index is 12.6. The van der Waals surface area contributed by atoms with Gasteiger partial charge in [-0.2, -0.15) is 0 Å². The molecule has 7 nitrogen and oxygen atoms in total. The van der Waals surface area contributed by atoms with Crippen molar-refractivity contribution in [2.45, 2.75) is 38.3 Å². The maximum absolute atomic E-state index is 12.6. The number of imide groups is 1. The summed E-state index contributed by atoms with van der Waals surface area (Å²) in [5.41, 5.74) is 2.82. The van der Waals surface area contributed by atoms with Gasteiger partial charge in [0.25, 0.3) is 17.7 Å². The third-order valence-electron chi connectivity index (χ3n) is 5.53. The van der Waals surface area contributed by atoms with Crippen LogP contribution in [-0.2, 0) is 20.7 Å². The average molecular weight is 406 g/mol. The van der Waals surface area contributed by atoms with E-state index in [0.717, 1.165) is 29.7 Å². The van der Waals surface area contributed by atoms with Crippen LogP contribution in [-0.4, -0.2) is 41.2 Å². The molecule has 2 aromatic rings. The maximum Gasteiger partial charge on any atom is 0.326 e. The molecule has 1 aliphatic heterocycles. The molecule has 0 unspecified atom stereocenters. The van der Waals surface area contributed by atoms with E-state index in [0.29, 0.717) is 0 Å². The van der Waals surface area contributed by atoms with Gasteiger partial charge in [0.2, 0.25) is 0 Å². The molecule has 2 aliphatic rings. The predicted octanol–water partition coefficient (Wildman–Crippen LogP) is 2.41. The molecule has 0 bridgehead atoms. The van der Waals surface area contributed by atoms with E-state index in [2.05, 4.69) is 11.4 Å². The van der Waals surface area contributed by atoms with Crippen LogP contribution in [0.5, 0.6) is 0 Å². The van der Waals surface area contributed by atoms with Crippen LogP contribution in [0.2, 0.25) is 0 Å². The second-order valence-corrected chi connectivity index (χ2v) is 7.53. The summed E-state index contributed by atoms with van der Waals surface area (Å²) in [5.74, 6) is -2.30. The molecule has 3 amide bonds. The van der Waals surface area contributed by atoms with Crippen molar-refractivity contribution in [1.29, 1.82) is 0 Å². The lowest BCUT2D eigenvalue weighted by Gasteiger charge is -2.27. The SMILES string of the molecule is C[C@@H](OC(=O)CN1C(=O)c2ccccc2C1=O)C(=O)N[C@@H]1CCCc2ccccc21. The molecular formula is C23H22N2O5. The summed E-state index contributed by atoms with van der Waals surface area (Å²) >= 11 is 0. The number of carbonyl (C=O) groups is 4. The van der Waals surface area contributed by atoms with Gasteiger partial charge in [-0.15, -0.1) is 0 Å². The monoisotopic (exact) mass is 406 g/mol. The number of benzene rings is 2. The summed E-state index contributed by atoms with van der Waals surface area (Å²) in [5, 5.41) is 2.94. The molecule has 0 fully saturated rings. The number of ether oxygens (including phenoxy) is 1. The molecule has 0 radical (unpaired) electrons. The van der Waals surface area contributed by atoms with Crippen molar-refractivity contribution < 1.29 is 23.9 Å². The molecule has 154 valence electrons. The van der Waals surface area contributed by atoms with Crippen molar-refractivity contribution in [2.75, 3.05) is 6.54 Å². The molecule has 1 heterocycles. The second kappa shape index (κ2) is 8.10. The molecule has 30 heavy (non-hydrogen) atoms. The highest BCUT2D eigenvalue weighted by Gasteiger charge is 2.37. The molecule has 7 heteroatoms. The fourth-order valence-electron chi connectivity index (χ4n) is 3.99. The first-order chi connectivity index (χ1) is 14.5. The second-order valence-electron chi connectivity index (χ2n) is 7.53. The number of esters is 1. The van der Waals surface area contributed by atoms with E-state index in [9.17, 15) is 19.2 Å². The molecule has 4 rings (SSSR count). The Kier molecular flexibility index (Phi) is 5.35. The summed E-state index contributed by atoms with van der Waals surface area (Å²) in [6.07, 6.45) is 1.73. The van der Waals surface area contributed by atoms with Crippen molar-refractivity contribution in [3.05, 3.63) is 70.8 Å². The molecule has 2 atom stereocenters. The molecule has 0 aromatic heterocycles. The molecule has 0 saturated carbocycles. The van der Waals surface area contributed by atoms with Crippen LogP contribution in [0, 0.1) is 0 Å². The number of amides is 3. The Hall–Kier alpha value is -3.48. The van der Waals surface area contributed by atoms with E-state index >= 15 is 0 Å². The van der Waals surface area contributed by atoms with Crippen LogP contribution in [0.25, 0.3) is 0 Å². The third-order valence-corrected chi connectivity index (χ3v) is 5.53. The Labute approximate surface area is 174 Å². The molecule has 1 aliphatic carbocycles. The van der Waals surface area contributed by atoms with Crippen molar-refractivity contribution in [3.8, 4) is 0 Å². The van der Waals surface area contributed by atoms with Gasteiger partial charge in [-0.05, 0) is 49.4 Å². The van der Waals surface area contributed by atoms with Crippen LogP contribution in [0.3, 0.4) is 0 Å². The number of aryl methyl sites for hydroxylation is 1. The first-order valence-electron chi connectivity index (χ1n) is 9.98. The third kappa shape index (κ3) is 3.70. The number of fused-ring (bicyclic) bond motifs is 2. The lowest BCUT2D eigenvalue weighted by atomic mass is 9.87. The smallest absolute Gasteiger partial charge is 0.326 e. The topological polar surface area (TPSA) is 92.8 Å². The van der Waals surface area contributed by atoms with Crippen LogP contribution in [0.4, 0.5) is 0 Å². The van der Waals surface area contributed by atoms with E-state index in [1.165, 1.54) is 12.5 Å². The molecule has 0 saturated heterocycles. The van der Waals surface area contributed by atoms with E-state index in [4.69, 9.17) is 4.74 Å². The zero-order chi connectivity index (χ0) is 21.3. The number of hydrogen-bond acceptors (Lipinski definition) is 5. The van der Waals surface area contributed by atoms with Crippen molar-refractivity contribution in [2.24, 2.45) is 0 Å². The van der Waals surface area contributed by atoms with Crippen LogP contribution in [0.1, 0.15) is 57.7 Å². The fourth-order valence-corrected chi connectivity index (χ4v) is 3.99. The lowest BCUT2D eigenvalue weighted by Crippen LogP contribution is -2.42. The largest absolute Gasteiger partial charge is 0.451 e. The van der Waals surface area contributed by atoms with E-state index < -0.39 is 36.3 Å². The Morgan fingerprint density at radius 1 is 1.07 bits per heavy atom. The first kappa shape index (κ1) is 19.8. The molecule has 0 spiro atoms. The summed E-state index contributed by atoms with van der Waals surface area (Å²) in [6, 6.07) is 14.2. The van der Waals surface area contributed by atoms with Gasteiger partial charge in [0.15, 0.2) is 6.10 Å². The number of carbonyl (C=O) groups excluding carboxylic acids is 4. The number of rotatable bonds is 5. The van der Waals surface area contributed by atoms with Crippen molar-refractivity contribution >= 4 is 23.7 Å². The van der Waals surface area contributed by atoms with E-state index in [-0.39, 0.29) is 17.2 Å². The summed E-state index contributed by atoms with van der Waals surface area (Å²) < 4.78 is 5.20. The Morgan fingerprint density at radius 3 is 2.40 bits per heavy atom. The van der Waals surface area contributed by atoms with Gasteiger partial charge in [0.05, 0.1) is 17.2 Å². The molecule has 2 aromatic carbocycles. The van der Waals surface area contributed by atoms with Crippen LogP contribution < -0.4 is 5.32 Å². The van der Waals surface area contributed by atoms with Crippen molar-refractivity contribution in [1.82, 2.24) is 10.2 Å². The standard InChI is InChI=1S/C23H22N2O5/c1-14(21(27)24-19-12-6-8-15-7-2-3-9-16(15)19)30-20(26)13-25-22(28)17-10-4-5-11-18(17)23(25)29/h2-5,7,9-11,14,19H,6,8,12-13H2,1H3,(H,24,27)/t14-,19-/m1/s1. The van der Waals surface area contributed by atoms with Gasteiger partial charge in [0, 0.05) is 0 Å². The Bertz CT molecular complexity index is 997. The van der Waals surface area contributed by atoms with Gasteiger partial charge in [-0.3, -0.25) is 24.1 Å². The summed E-state index contributed by atoms with van der Waals surface area (Å²) in [7, 11) is 0. The van der Waals surface area contributed by atoms with Gasteiger partial charge in [0.1, 0.15) is 6.54 Å². The minimum absolute atomic E-state index is 0.125. The van der Waals surface area contributed by atoms with Gasteiger partial charge in [-0.25, -0.2) is 0 Å².